The van der Waals surface area contributed by atoms with Gasteiger partial charge in [-0.15, -0.1) is 0 Å². The summed E-state index contributed by atoms with van der Waals surface area (Å²) in [5.41, 5.74) is 5.09. The van der Waals surface area contributed by atoms with Gasteiger partial charge < -0.3 is 4.74 Å². The van der Waals surface area contributed by atoms with Crippen LogP contribution in [-0.4, -0.2) is 27.0 Å². The van der Waals surface area contributed by atoms with E-state index in [9.17, 15) is 13.2 Å². The Balaban J connectivity index is 1.52. The number of hydrogen-bond acceptors (Lipinski definition) is 5. The number of amides is 1. The van der Waals surface area contributed by atoms with E-state index in [2.05, 4.69) is 10.2 Å². The van der Waals surface area contributed by atoms with Crippen LogP contribution in [0.1, 0.15) is 41.2 Å². The predicted molar refractivity (Wildman–Crippen MR) is 185 cm³/mol. The molecule has 5 aromatic rings. The van der Waals surface area contributed by atoms with Crippen molar-refractivity contribution in [2.24, 2.45) is 0 Å². The van der Waals surface area contributed by atoms with E-state index in [-0.39, 0.29) is 11.3 Å². The Morgan fingerprint density at radius 3 is 2.02 bits per heavy atom. The van der Waals surface area contributed by atoms with E-state index in [1.54, 1.807) is 18.2 Å². The van der Waals surface area contributed by atoms with Crippen molar-refractivity contribution in [1.29, 1.82) is 0 Å². The zero-order valence-corrected chi connectivity index (χ0v) is 27.8. The maximum atomic E-state index is 14.1. The average Bonchev–Trinajstić information content (AvgIpc) is 3.09. The van der Waals surface area contributed by atoms with Crippen LogP contribution in [0.5, 0.6) is 5.75 Å². The summed E-state index contributed by atoms with van der Waals surface area (Å²) >= 11 is 6.83. The highest BCUT2D eigenvalue weighted by Gasteiger charge is 2.41. The van der Waals surface area contributed by atoms with Gasteiger partial charge in [-0.25, -0.2) is 13.9 Å². The first kappa shape index (κ1) is 33.9. The largest absolute Gasteiger partial charge is 0.494 e. The second-order valence-electron chi connectivity index (χ2n) is 11.1. The highest BCUT2D eigenvalue weighted by Crippen LogP contribution is 2.43. The third-order valence-electron chi connectivity index (χ3n) is 7.70. The third kappa shape index (κ3) is 8.10. The number of hydroxylamine groups is 1. The van der Waals surface area contributed by atoms with Crippen molar-refractivity contribution in [3.63, 3.8) is 0 Å². The van der Waals surface area contributed by atoms with Gasteiger partial charge in [-0.05, 0) is 66.8 Å². The van der Waals surface area contributed by atoms with Gasteiger partial charge in [0.1, 0.15) is 11.8 Å². The molecule has 0 aliphatic heterocycles. The molecule has 0 saturated heterocycles. The molecule has 5 rings (SSSR count). The number of benzene rings is 5. The summed E-state index contributed by atoms with van der Waals surface area (Å²) in [6.07, 6.45) is 0.897. The van der Waals surface area contributed by atoms with Crippen LogP contribution in [0, 0.1) is 6.92 Å². The first-order valence-corrected chi connectivity index (χ1v) is 17.2. The molecule has 0 radical (unpaired) electrons. The molecule has 7 nitrogen and oxygen atoms in total. The molecule has 47 heavy (non-hydrogen) atoms. The normalized spacial score (nSPS) is 13.3. The first-order valence-electron chi connectivity index (χ1n) is 15.4. The highest BCUT2D eigenvalue weighted by molar-refractivity contribution is 7.89. The smallest absolute Gasteiger partial charge is 0.262 e. The molecule has 2 atom stereocenters. The van der Waals surface area contributed by atoms with Crippen LogP contribution < -0.4 is 14.9 Å². The summed E-state index contributed by atoms with van der Waals surface area (Å²) in [5, 5.41) is 0.430. The lowest BCUT2D eigenvalue weighted by Crippen LogP contribution is -2.50. The number of rotatable bonds is 14. The third-order valence-corrected chi connectivity index (χ3v) is 9.52. The Hall–Kier alpha value is -4.47. The van der Waals surface area contributed by atoms with Crippen LogP contribution in [0.15, 0.2) is 138 Å². The maximum absolute atomic E-state index is 14.1. The van der Waals surface area contributed by atoms with Crippen molar-refractivity contribution >= 4 is 27.5 Å². The van der Waals surface area contributed by atoms with Crippen LogP contribution in [0.3, 0.4) is 0 Å². The molecule has 242 valence electrons. The van der Waals surface area contributed by atoms with E-state index in [4.69, 9.17) is 21.2 Å². The molecular formula is C38H37ClN2O5S. The highest BCUT2D eigenvalue weighted by atomic mass is 35.5. The number of carbonyl (C=O) groups excluding carboxylic acids is 1. The number of carbonyl (C=O) groups is 1. The van der Waals surface area contributed by atoms with Gasteiger partial charge in [0.2, 0.25) is 10.0 Å². The van der Waals surface area contributed by atoms with Crippen molar-refractivity contribution in [3.8, 4) is 5.75 Å². The quantitative estimate of drug-likeness (QED) is 0.0952. The molecule has 2 N–H and O–H groups in total. The number of hydrogen-bond donors (Lipinski definition) is 2. The fraction of sp³-hybridized carbons (Fsp3) is 0.184. The zero-order valence-electron chi connectivity index (χ0n) is 26.2. The van der Waals surface area contributed by atoms with E-state index in [1.165, 1.54) is 12.1 Å². The summed E-state index contributed by atoms with van der Waals surface area (Å²) in [4.78, 5) is 20.6. The molecule has 0 aliphatic carbocycles. The Kier molecular flexibility index (Phi) is 11.1. The van der Waals surface area contributed by atoms with Crippen LogP contribution in [0.2, 0.25) is 5.02 Å². The SMILES string of the molecule is CCCOc1ccc(S(=O)(=O)N[C@H](Cc2ccccc2)C(=O)NOC(c2ccccc2)(c2ccc(C)cc2)c2ccccc2Cl)cc1. The van der Waals surface area contributed by atoms with Gasteiger partial charge >= 0.3 is 0 Å². The molecule has 0 heterocycles. The molecule has 0 saturated carbocycles. The molecule has 0 fully saturated rings. The molecular weight excluding hydrogens is 632 g/mol. The minimum Gasteiger partial charge on any atom is -0.494 e. The van der Waals surface area contributed by atoms with Crippen molar-refractivity contribution in [2.75, 3.05) is 6.61 Å². The van der Waals surface area contributed by atoms with Crippen molar-refractivity contribution in [2.45, 2.75) is 43.2 Å². The predicted octanol–water partition coefficient (Wildman–Crippen LogP) is 7.37. The lowest BCUT2D eigenvalue weighted by Gasteiger charge is -2.36. The number of halogens is 1. The second-order valence-corrected chi connectivity index (χ2v) is 13.3. The maximum Gasteiger partial charge on any atom is 0.262 e. The van der Waals surface area contributed by atoms with Gasteiger partial charge in [-0.1, -0.05) is 127 Å². The summed E-state index contributed by atoms with van der Waals surface area (Å²) in [7, 11) is -4.13. The van der Waals surface area contributed by atoms with Crippen molar-refractivity contribution < 1.29 is 22.8 Å². The molecule has 1 unspecified atom stereocenters. The number of sulfonamides is 1. The summed E-state index contributed by atoms with van der Waals surface area (Å²) in [5.74, 6) is -0.120. The molecule has 0 spiro atoms. The minimum atomic E-state index is -4.13. The van der Waals surface area contributed by atoms with E-state index in [0.717, 1.165) is 17.5 Å². The second kappa shape index (κ2) is 15.4. The van der Waals surface area contributed by atoms with Crippen LogP contribution in [-0.2, 0) is 31.7 Å². The summed E-state index contributed by atoms with van der Waals surface area (Å²) in [6, 6.07) is 38.6. The Morgan fingerprint density at radius 2 is 1.38 bits per heavy atom. The summed E-state index contributed by atoms with van der Waals surface area (Å²) in [6.45, 7) is 4.49. The molecule has 5 aromatic carbocycles. The Labute approximate surface area is 281 Å². The Bertz CT molecular complexity index is 1870. The van der Waals surface area contributed by atoms with Crippen molar-refractivity contribution in [1.82, 2.24) is 10.2 Å². The molecule has 9 heteroatoms. The topological polar surface area (TPSA) is 93.7 Å². The van der Waals surface area contributed by atoms with Crippen LogP contribution >= 0.6 is 11.6 Å². The van der Waals surface area contributed by atoms with Gasteiger partial charge in [0.25, 0.3) is 5.91 Å². The average molecular weight is 669 g/mol. The number of ether oxygens (including phenoxy) is 1. The van der Waals surface area contributed by atoms with Gasteiger partial charge in [0.05, 0.1) is 11.5 Å². The summed E-state index contributed by atoms with van der Waals surface area (Å²) < 4.78 is 35.4. The van der Waals surface area contributed by atoms with Crippen LogP contribution in [0.25, 0.3) is 0 Å². The number of nitrogens with one attached hydrogen (secondary N) is 2. The van der Waals surface area contributed by atoms with Gasteiger partial charge in [0.15, 0.2) is 5.60 Å². The minimum absolute atomic E-state index is 0.00230. The standard InChI is InChI=1S/C38H37ClN2O5S/c1-3-26-45-32-22-24-33(25-23-32)47(43,44)41-36(27-29-12-6-4-7-13-29)37(42)40-46-38(30-14-8-5-9-15-30,31-20-18-28(2)19-21-31)34-16-10-11-17-35(34)39/h4-25,36,41H,3,26-27H2,1-2H3,(H,40,42)/t36-,38?/m1/s1. The molecule has 0 bridgehead atoms. The first-order chi connectivity index (χ1) is 22.7. The van der Waals surface area contributed by atoms with E-state index in [1.807, 2.05) is 117 Å². The zero-order chi connectivity index (χ0) is 33.3. The van der Waals surface area contributed by atoms with E-state index >= 15 is 0 Å². The molecule has 0 aliphatic rings. The van der Waals surface area contributed by atoms with Gasteiger partial charge in [-0.3, -0.25) is 9.63 Å². The fourth-order valence-corrected chi connectivity index (χ4v) is 6.75. The monoisotopic (exact) mass is 668 g/mol. The van der Waals surface area contributed by atoms with Crippen LogP contribution in [0.4, 0.5) is 0 Å². The van der Waals surface area contributed by atoms with Gasteiger partial charge in [-0.2, -0.15) is 4.72 Å². The fourth-order valence-electron chi connectivity index (χ4n) is 5.28. The lowest BCUT2D eigenvalue weighted by atomic mass is 9.80. The Morgan fingerprint density at radius 1 is 0.787 bits per heavy atom. The molecule has 1 amide bonds. The van der Waals surface area contributed by atoms with E-state index < -0.39 is 27.6 Å². The molecule has 0 aromatic heterocycles. The van der Waals surface area contributed by atoms with Crippen molar-refractivity contribution in [3.05, 3.63) is 166 Å². The lowest BCUT2D eigenvalue weighted by molar-refractivity contribution is -0.145. The van der Waals surface area contributed by atoms with E-state index in [0.29, 0.717) is 34.1 Å². The van der Waals surface area contributed by atoms with Gasteiger partial charge in [0, 0.05) is 10.6 Å². The number of aryl methyl sites for hydroxylation is 1.